The smallest absolute Gasteiger partial charge is 0.479 e. The number of halogens is 4. The van der Waals surface area contributed by atoms with E-state index in [0.717, 1.165) is 12.1 Å². The van der Waals surface area contributed by atoms with E-state index in [2.05, 4.69) is 30.1 Å². The number of rotatable bonds is 6. The van der Waals surface area contributed by atoms with Crippen molar-refractivity contribution in [1.29, 1.82) is 0 Å². The molecule has 0 saturated carbocycles. The number of nitrogens with one attached hydrogen (secondary N) is 2. The van der Waals surface area contributed by atoms with Crippen LogP contribution in [0.5, 0.6) is 17.4 Å². The number of hydrogen-bond acceptors (Lipinski definition) is 7. The molecule has 0 spiro atoms. The summed E-state index contributed by atoms with van der Waals surface area (Å²) in [5.41, 5.74) is 0.0418. The summed E-state index contributed by atoms with van der Waals surface area (Å²) in [5.74, 6) is -2.82. The van der Waals surface area contributed by atoms with Crippen molar-refractivity contribution in [3.63, 3.8) is 0 Å². The Morgan fingerprint density at radius 1 is 1.16 bits per heavy atom. The normalized spacial score (nSPS) is 13.5. The van der Waals surface area contributed by atoms with Crippen molar-refractivity contribution in [2.75, 3.05) is 12.4 Å². The predicted molar refractivity (Wildman–Crippen MR) is 102 cm³/mol. The van der Waals surface area contributed by atoms with E-state index in [9.17, 15) is 22.4 Å². The zero-order valence-electron chi connectivity index (χ0n) is 16.3. The molecule has 1 aliphatic heterocycles. The van der Waals surface area contributed by atoms with Gasteiger partial charge in [0.2, 0.25) is 5.88 Å². The number of anilines is 2. The van der Waals surface area contributed by atoms with Crippen molar-refractivity contribution in [2.24, 2.45) is 0 Å². The maximum atomic E-state index is 13.4. The summed E-state index contributed by atoms with van der Waals surface area (Å²) in [6.45, 7) is -0.195. The fourth-order valence-corrected chi connectivity index (χ4v) is 2.93. The van der Waals surface area contributed by atoms with E-state index in [1.54, 1.807) is 0 Å². The minimum atomic E-state index is -3.80. The maximum Gasteiger partial charge on any atom is 0.586 e. The highest BCUT2D eigenvalue weighted by Crippen LogP contribution is 2.43. The molecule has 2 aromatic carbocycles. The van der Waals surface area contributed by atoms with Gasteiger partial charge in [-0.05, 0) is 18.2 Å². The lowest BCUT2D eigenvalue weighted by Crippen LogP contribution is -2.27. The number of methoxy groups -OCH3 is 1. The number of fused-ring (bicyclic) bond motifs is 1. The molecule has 0 bridgehead atoms. The first-order valence-corrected chi connectivity index (χ1v) is 9.04. The molecule has 2 N–H and O–H groups in total. The van der Waals surface area contributed by atoms with E-state index >= 15 is 0 Å². The van der Waals surface area contributed by atoms with Crippen LogP contribution in [0.2, 0.25) is 0 Å². The third-order valence-corrected chi connectivity index (χ3v) is 4.23. The van der Waals surface area contributed by atoms with Gasteiger partial charge in [0.05, 0.1) is 13.3 Å². The number of amides is 1. The first kappa shape index (κ1) is 21.2. The minimum Gasteiger partial charge on any atom is -0.479 e. The minimum absolute atomic E-state index is 0.0120. The van der Waals surface area contributed by atoms with Gasteiger partial charge in [0, 0.05) is 23.9 Å². The van der Waals surface area contributed by atoms with E-state index in [4.69, 9.17) is 4.74 Å². The Kier molecular flexibility index (Phi) is 5.43. The predicted octanol–water partition coefficient (Wildman–Crippen LogP) is 3.76. The molecule has 0 radical (unpaired) electrons. The molecule has 0 saturated heterocycles. The SMILES string of the molecule is COc1ncc(Nc2cc(F)cc(F)c2)nc1C(=O)NCc1cccc2c1OC(F)(F)O2. The van der Waals surface area contributed by atoms with Crippen LogP contribution in [0.1, 0.15) is 16.1 Å². The highest BCUT2D eigenvalue weighted by atomic mass is 19.3. The van der Waals surface area contributed by atoms with Crippen molar-refractivity contribution in [1.82, 2.24) is 15.3 Å². The number of para-hydroxylation sites is 1. The van der Waals surface area contributed by atoms with Gasteiger partial charge in [-0.15, -0.1) is 8.78 Å². The van der Waals surface area contributed by atoms with Crippen molar-refractivity contribution >= 4 is 17.4 Å². The Morgan fingerprint density at radius 3 is 2.62 bits per heavy atom. The number of carbonyl (C=O) groups excluding carboxylic acids is 1. The van der Waals surface area contributed by atoms with Crippen LogP contribution in [0.25, 0.3) is 0 Å². The lowest BCUT2D eigenvalue weighted by atomic mass is 10.2. The van der Waals surface area contributed by atoms with Gasteiger partial charge in [0.25, 0.3) is 5.91 Å². The zero-order chi connectivity index (χ0) is 22.9. The molecular formula is C20H14F4N4O4. The molecule has 32 heavy (non-hydrogen) atoms. The summed E-state index contributed by atoms with van der Waals surface area (Å²) >= 11 is 0. The van der Waals surface area contributed by atoms with E-state index in [0.29, 0.717) is 6.07 Å². The molecule has 1 aliphatic rings. The van der Waals surface area contributed by atoms with Crippen LogP contribution >= 0.6 is 0 Å². The number of hydrogen-bond donors (Lipinski definition) is 2. The van der Waals surface area contributed by atoms with Gasteiger partial charge >= 0.3 is 6.29 Å². The molecule has 1 amide bonds. The molecule has 3 aromatic rings. The van der Waals surface area contributed by atoms with Gasteiger partial charge < -0.3 is 24.8 Å². The molecule has 0 unspecified atom stereocenters. The second kappa shape index (κ2) is 8.21. The quantitative estimate of drug-likeness (QED) is 0.553. The highest BCUT2D eigenvalue weighted by molar-refractivity contribution is 5.94. The molecule has 0 atom stereocenters. The Bertz CT molecular complexity index is 1170. The van der Waals surface area contributed by atoms with Crippen molar-refractivity contribution < 1.29 is 36.6 Å². The molecule has 12 heteroatoms. The molecule has 0 aliphatic carbocycles. The van der Waals surface area contributed by atoms with Crippen LogP contribution in [0.4, 0.5) is 29.1 Å². The average Bonchev–Trinajstić information content (AvgIpc) is 3.05. The molecular weight excluding hydrogens is 436 g/mol. The zero-order valence-corrected chi connectivity index (χ0v) is 16.3. The van der Waals surface area contributed by atoms with E-state index < -0.39 is 23.8 Å². The average molecular weight is 450 g/mol. The van der Waals surface area contributed by atoms with Crippen LogP contribution in [0.3, 0.4) is 0 Å². The fourth-order valence-electron chi connectivity index (χ4n) is 2.93. The largest absolute Gasteiger partial charge is 0.586 e. The van der Waals surface area contributed by atoms with Gasteiger partial charge in [0.1, 0.15) is 17.5 Å². The second-order valence-corrected chi connectivity index (χ2v) is 6.49. The Morgan fingerprint density at radius 2 is 1.91 bits per heavy atom. The van der Waals surface area contributed by atoms with Crippen molar-refractivity contribution in [3.05, 3.63) is 65.5 Å². The van der Waals surface area contributed by atoms with Crippen LogP contribution in [-0.2, 0) is 6.54 Å². The first-order chi connectivity index (χ1) is 15.2. The third-order valence-electron chi connectivity index (χ3n) is 4.23. The lowest BCUT2D eigenvalue weighted by molar-refractivity contribution is -0.286. The molecule has 166 valence electrons. The Labute approximate surface area is 178 Å². The monoisotopic (exact) mass is 450 g/mol. The first-order valence-electron chi connectivity index (χ1n) is 9.04. The number of benzene rings is 2. The van der Waals surface area contributed by atoms with E-state index in [-0.39, 0.29) is 46.7 Å². The van der Waals surface area contributed by atoms with Gasteiger partial charge in [-0.2, -0.15) is 0 Å². The maximum absolute atomic E-state index is 13.4. The molecule has 4 rings (SSSR count). The van der Waals surface area contributed by atoms with Gasteiger partial charge in [-0.3, -0.25) is 4.79 Å². The highest BCUT2D eigenvalue weighted by Gasteiger charge is 2.44. The topological polar surface area (TPSA) is 94.6 Å². The van der Waals surface area contributed by atoms with Crippen LogP contribution in [-0.4, -0.2) is 29.3 Å². The number of alkyl halides is 2. The molecule has 2 heterocycles. The number of nitrogens with zero attached hydrogens (tertiary/aromatic N) is 2. The van der Waals surface area contributed by atoms with Gasteiger partial charge in [0.15, 0.2) is 17.2 Å². The van der Waals surface area contributed by atoms with Crippen LogP contribution in [0.15, 0.2) is 42.6 Å². The second-order valence-electron chi connectivity index (χ2n) is 6.49. The Hall–Kier alpha value is -4.09. The summed E-state index contributed by atoms with van der Waals surface area (Å²) in [4.78, 5) is 20.7. The standard InChI is InChI=1S/C20H14F4N4O4/c1-30-19-16(28-15(9-26-19)27-13-6-11(21)5-12(22)7-13)18(29)25-8-10-3-2-4-14-17(10)32-20(23,24)31-14/h2-7,9H,8H2,1H3,(H,25,29)(H,27,28). The summed E-state index contributed by atoms with van der Waals surface area (Å²) in [6.07, 6.45) is -2.59. The number of ether oxygens (including phenoxy) is 3. The van der Waals surface area contributed by atoms with Gasteiger partial charge in [-0.25, -0.2) is 18.7 Å². The van der Waals surface area contributed by atoms with E-state index in [1.165, 1.54) is 31.5 Å². The van der Waals surface area contributed by atoms with Crippen molar-refractivity contribution in [3.8, 4) is 17.4 Å². The number of aromatic nitrogens is 2. The van der Waals surface area contributed by atoms with E-state index in [1.807, 2.05) is 0 Å². The summed E-state index contributed by atoms with van der Waals surface area (Å²) < 4.78 is 67.4. The van der Waals surface area contributed by atoms with Gasteiger partial charge in [-0.1, -0.05) is 12.1 Å². The lowest BCUT2D eigenvalue weighted by Gasteiger charge is -2.12. The number of carbonyl (C=O) groups is 1. The summed E-state index contributed by atoms with van der Waals surface area (Å²) in [5, 5.41) is 5.15. The van der Waals surface area contributed by atoms with Crippen molar-refractivity contribution in [2.45, 2.75) is 12.8 Å². The fraction of sp³-hybridized carbons (Fsp3) is 0.150. The van der Waals surface area contributed by atoms with Crippen LogP contribution < -0.4 is 24.8 Å². The molecule has 8 nitrogen and oxygen atoms in total. The summed E-state index contributed by atoms with van der Waals surface area (Å²) in [7, 11) is 1.27. The Balaban J connectivity index is 1.52. The molecule has 1 aromatic heterocycles. The summed E-state index contributed by atoms with van der Waals surface area (Å²) in [6, 6.07) is 7.01. The van der Waals surface area contributed by atoms with Crippen LogP contribution in [0, 0.1) is 11.6 Å². The third kappa shape index (κ3) is 4.48. The molecule has 0 fully saturated rings.